The Hall–Kier alpha value is -2.60. The number of benzene rings is 2. The number of halogens is 1. The van der Waals surface area contributed by atoms with Gasteiger partial charge in [0.2, 0.25) is 0 Å². The third-order valence-corrected chi connectivity index (χ3v) is 6.62. The van der Waals surface area contributed by atoms with E-state index in [9.17, 15) is 9.90 Å². The number of aromatic amines is 1. The first-order valence-corrected chi connectivity index (χ1v) is 11.8. The van der Waals surface area contributed by atoms with E-state index in [2.05, 4.69) is 62.3 Å². The lowest BCUT2D eigenvalue weighted by Crippen LogP contribution is -2.36. The molecule has 1 fully saturated rings. The summed E-state index contributed by atoms with van der Waals surface area (Å²) in [6.07, 6.45) is 7.60. The molecule has 1 amide bonds. The zero-order valence-corrected chi connectivity index (χ0v) is 19.1. The van der Waals surface area contributed by atoms with Crippen LogP contribution in [0.1, 0.15) is 37.9 Å². The number of amides is 1. The molecule has 1 saturated carbocycles. The van der Waals surface area contributed by atoms with E-state index < -0.39 is 6.09 Å². The molecule has 0 spiro atoms. The number of hydrogen-bond acceptors (Lipinski definition) is 2. The summed E-state index contributed by atoms with van der Waals surface area (Å²) in [6, 6.07) is 16.6. The van der Waals surface area contributed by atoms with E-state index in [4.69, 9.17) is 0 Å². The number of imidazole rings is 1. The molecule has 3 aromatic rings. The Labute approximate surface area is 191 Å². The van der Waals surface area contributed by atoms with Crippen LogP contribution in [0.2, 0.25) is 0 Å². The van der Waals surface area contributed by atoms with Crippen LogP contribution in [0.25, 0.3) is 22.4 Å². The summed E-state index contributed by atoms with van der Waals surface area (Å²) in [4.78, 5) is 21.1. The van der Waals surface area contributed by atoms with Gasteiger partial charge in [-0.1, -0.05) is 71.6 Å². The van der Waals surface area contributed by atoms with E-state index in [1.807, 2.05) is 18.3 Å². The Bertz CT molecular complexity index is 992. The van der Waals surface area contributed by atoms with Crippen molar-refractivity contribution in [3.8, 4) is 22.4 Å². The van der Waals surface area contributed by atoms with Crippen LogP contribution < -0.4 is 0 Å². The van der Waals surface area contributed by atoms with Crippen LogP contribution >= 0.6 is 15.9 Å². The molecule has 0 aliphatic heterocycles. The molecule has 1 aliphatic carbocycles. The van der Waals surface area contributed by atoms with Crippen molar-refractivity contribution in [2.75, 3.05) is 13.1 Å². The molecular formula is C25H28BrN3O2. The zero-order chi connectivity index (χ0) is 21.6. The van der Waals surface area contributed by atoms with Crippen molar-refractivity contribution in [3.63, 3.8) is 0 Å². The lowest BCUT2D eigenvalue weighted by atomic mass is 9.89. The van der Waals surface area contributed by atoms with Crippen molar-refractivity contribution in [3.05, 3.63) is 65.0 Å². The van der Waals surface area contributed by atoms with Crippen LogP contribution in [0.4, 0.5) is 4.79 Å². The quantitative estimate of drug-likeness (QED) is 0.398. The van der Waals surface area contributed by atoms with E-state index in [1.165, 1.54) is 24.8 Å². The molecule has 0 saturated heterocycles. The largest absolute Gasteiger partial charge is 0.465 e. The van der Waals surface area contributed by atoms with Gasteiger partial charge in [-0.3, -0.25) is 0 Å². The first-order valence-electron chi connectivity index (χ1n) is 11.0. The summed E-state index contributed by atoms with van der Waals surface area (Å²) < 4.78 is 1.07. The van der Waals surface area contributed by atoms with Crippen LogP contribution in [-0.2, 0) is 6.42 Å². The monoisotopic (exact) mass is 481 g/mol. The van der Waals surface area contributed by atoms with Crippen LogP contribution in [0.15, 0.2) is 59.2 Å². The number of hydrogen-bond donors (Lipinski definition) is 2. The van der Waals surface area contributed by atoms with E-state index in [0.717, 1.165) is 40.0 Å². The molecule has 0 radical (unpaired) electrons. The smallest absolute Gasteiger partial charge is 0.407 e. The van der Waals surface area contributed by atoms with Crippen molar-refractivity contribution in [2.24, 2.45) is 5.92 Å². The molecule has 162 valence electrons. The van der Waals surface area contributed by atoms with E-state index in [0.29, 0.717) is 25.4 Å². The molecule has 6 heteroatoms. The third kappa shape index (κ3) is 5.76. The summed E-state index contributed by atoms with van der Waals surface area (Å²) in [7, 11) is 0. The molecule has 5 nitrogen and oxygen atoms in total. The molecule has 1 aliphatic rings. The lowest BCUT2D eigenvalue weighted by Gasteiger charge is -2.27. The number of nitrogens with zero attached hydrogens (tertiary/aromatic N) is 2. The Kier molecular flexibility index (Phi) is 7.07. The minimum absolute atomic E-state index is 0.474. The Morgan fingerprint density at radius 2 is 1.61 bits per heavy atom. The van der Waals surface area contributed by atoms with Crippen molar-refractivity contribution >= 4 is 22.0 Å². The number of H-pyrrole nitrogens is 1. The fourth-order valence-corrected chi connectivity index (χ4v) is 4.57. The minimum Gasteiger partial charge on any atom is -0.465 e. The van der Waals surface area contributed by atoms with Gasteiger partial charge in [0.25, 0.3) is 0 Å². The fourth-order valence-electron chi connectivity index (χ4n) is 4.31. The number of nitrogens with one attached hydrogen (secondary N) is 1. The van der Waals surface area contributed by atoms with Gasteiger partial charge in [0.05, 0.1) is 11.9 Å². The van der Waals surface area contributed by atoms with Crippen molar-refractivity contribution < 1.29 is 9.90 Å². The average Bonchev–Trinajstić information content (AvgIpc) is 3.27. The zero-order valence-electron chi connectivity index (χ0n) is 17.6. The van der Waals surface area contributed by atoms with Gasteiger partial charge >= 0.3 is 6.09 Å². The first kappa shape index (κ1) is 21.6. The standard InChI is InChI=1S/C25H28BrN3O2/c26-22-12-10-20(11-13-22)19-6-8-21(9-7-19)23-16-27-24(28-23)14-15-29(25(30)31)17-18-4-2-1-3-5-18/h6-13,16,18H,1-5,14-15,17H2,(H,27,28)(H,30,31). The van der Waals surface area contributed by atoms with Gasteiger partial charge in [0, 0.05) is 24.0 Å². The number of aromatic nitrogens is 2. The van der Waals surface area contributed by atoms with Crippen molar-refractivity contribution in [1.82, 2.24) is 14.9 Å². The highest BCUT2D eigenvalue weighted by molar-refractivity contribution is 9.10. The van der Waals surface area contributed by atoms with Crippen LogP contribution in [0.3, 0.4) is 0 Å². The first-order chi connectivity index (χ1) is 15.1. The Morgan fingerprint density at radius 1 is 1.00 bits per heavy atom. The molecule has 0 unspecified atom stereocenters. The topological polar surface area (TPSA) is 69.2 Å². The maximum absolute atomic E-state index is 11.7. The summed E-state index contributed by atoms with van der Waals surface area (Å²) in [5.41, 5.74) is 4.35. The van der Waals surface area contributed by atoms with Crippen LogP contribution in [0.5, 0.6) is 0 Å². The summed E-state index contributed by atoms with van der Waals surface area (Å²) in [5, 5.41) is 9.59. The van der Waals surface area contributed by atoms with E-state index in [-0.39, 0.29) is 0 Å². The number of rotatable bonds is 7. The van der Waals surface area contributed by atoms with Gasteiger partial charge in [0.1, 0.15) is 5.82 Å². The van der Waals surface area contributed by atoms with Gasteiger partial charge in [0.15, 0.2) is 0 Å². The van der Waals surface area contributed by atoms with Gasteiger partial charge in [-0.15, -0.1) is 0 Å². The molecule has 31 heavy (non-hydrogen) atoms. The summed E-state index contributed by atoms with van der Waals surface area (Å²) in [5.74, 6) is 1.32. The predicted molar refractivity (Wildman–Crippen MR) is 127 cm³/mol. The number of carboxylic acid groups (broad SMARTS) is 1. The van der Waals surface area contributed by atoms with Crippen LogP contribution in [-0.4, -0.2) is 39.2 Å². The lowest BCUT2D eigenvalue weighted by molar-refractivity contribution is 0.131. The highest BCUT2D eigenvalue weighted by Gasteiger charge is 2.20. The van der Waals surface area contributed by atoms with Gasteiger partial charge < -0.3 is 15.0 Å². The summed E-state index contributed by atoms with van der Waals surface area (Å²) >= 11 is 3.47. The molecule has 4 rings (SSSR count). The van der Waals surface area contributed by atoms with Gasteiger partial charge in [-0.2, -0.15) is 0 Å². The summed E-state index contributed by atoms with van der Waals surface area (Å²) in [6.45, 7) is 1.11. The second-order valence-electron chi connectivity index (χ2n) is 8.31. The normalized spacial score (nSPS) is 14.5. The highest BCUT2D eigenvalue weighted by Crippen LogP contribution is 2.26. The molecular weight excluding hydrogens is 454 g/mol. The second kappa shape index (κ2) is 10.1. The molecule has 0 bridgehead atoms. The van der Waals surface area contributed by atoms with E-state index in [1.54, 1.807) is 4.90 Å². The Morgan fingerprint density at radius 3 is 2.26 bits per heavy atom. The fraction of sp³-hybridized carbons (Fsp3) is 0.360. The van der Waals surface area contributed by atoms with Crippen molar-refractivity contribution in [2.45, 2.75) is 38.5 Å². The molecule has 1 aromatic heterocycles. The Balaban J connectivity index is 1.37. The predicted octanol–water partition coefficient (Wildman–Crippen LogP) is 6.61. The SMILES string of the molecule is O=C(O)N(CCc1ncc(-c2ccc(-c3ccc(Br)cc3)cc2)[nH]1)CC1CCCCC1. The minimum atomic E-state index is -0.833. The molecule has 2 aromatic carbocycles. The second-order valence-corrected chi connectivity index (χ2v) is 9.23. The molecule has 0 atom stereocenters. The van der Waals surface area contributed by atoms with Crippen molar-refractivity contribution in [1.29, 1.82) is 0 Å². The number of carbonyl (C=O) groups is 1. The molecule has 2 N–H and O–H groups in total. The maximum Gasteiger partial charge on any atom is 0.407 e. The van der Waals surface area contributed by atoms with Gasteiger partial charge in [-0.05, 0) is 47.6 Å². The maximum atomic E-state index is 11.7. The van der Waals surface area contributed by atoms with E-state index >= 15 is 0 Å². The third-order valence-electron chi connectivity index (χ3n) is 6.09. The van der Waals surface area contributed by atoms with Gasteiger partial charge in [-0.25, -0.2) is 9.78 Å². The average molecular weight is 482 g/mol. The highest BCUT2D eigenvalue weighted by atomic mass is 79.9. The van der Waals surface area contributed by atoms with Crippen LogP contribution in [0, 0.1) is 5.92 Å². The molecule has 1 heterocycles.